The molecule has 0 amide bonds. The van der Waals surface area contributed by atoms with Crippen molar-refractivity contribution in [1.82, 2.24) is 4.90 Å². The maximum absolute atomic E-state index is 11.9. The molecule has 0 atom stereocenters. The Bertz CT molecular complexity index is 807. The van der Waals surface area contributed by atoms with E-state index in [-0.39, 0.29) is 5.97 Å². The van der Waals surface area contributed by atoms with E-state index in [1.54, 1.807) is 17.4 Å². The van der Waals surface area contributed by atoms with E-state index < -0.39 is 0 Å². The van der Waals surface area contributed by atoms with Gasteiger partial charge >= 0.3 is 5.97 Å². The molecule has 0 saturated heterocycles. The molecule has 3 rings (SSSR count). The highest BCUT2D eigenvalue weighted by Crippen LogP contribution is 2.36. The van der Waals surface area contributed by atoms with Crippen molar-refractivity contribution in [3.8, 4) is 6.07 Å². The molecule has 6 heteroatoms. The summed E-state index contributed by atoms with van der Waals surface area (Å²) in [7, 11) is 3.25. The lowest BCUT2D eigenvalue weighted by Crippen LogP contribution is -2.30. The summed E-state index contributed by atoms with van der Waals surface area (Å²) < 4.78 is 4.87. The first-order valence-electron chi connectivity index (χ1n) is 7.79. The fourth-order valence-corrected chi connectivity index (χ4v) is 4.29. The van der Waals surface area contributed by atoms with Crippen LogP contribution >= 0.6 is 11.3 Å². The van der Waals surface area contributed by atoms with Crippen molar-refractivity contribution in [3.63, 3.8) is 0 Å². The number of nitriles is 1. The number of benzene rings is 1. The van der Waals surface area contributed by atoms with Crippen molar-refractivity contribution in [2.24, 2.45) is 0 Å². The predicted octanol–water partition coefficient (Wildman–Crippen LogP) is 3.01. The van der Waals surface area contributed by atoms with Gasteiger partial charge in [-0.1, -0.05) is 18.2 Å². The number of esters is 1. The first-order chi connectivity index (χ1) is 11.7. The number of carbonyl (C=O) groups is 1. The van der Waals surface area contributed by atoms with Crippen LogP contribution in [0.4, 0.5) is 5.00 Å². The molecule has 2 aromatic rings. The molecule has 0 radical (unpaired) electrons. The third kappa shape index (κ3) is 3.01. The molecular weight excluding hydrogens is 322 g/mol. The average Bonchev–Trinajstić information content (AvgIpc) is 2.98. The fourth-order valence-electron chi connectivity index (χ4n) is 3.09. The van der Waals surface area contributed by atoms with Gasteiger partial charge in [0.25, 0.3) is 0 Å². The van der Waals surface area contributed by atoms with Gasteiger partial charge in [-0.25, -0.2) is 4.79 Å². The lowest BCUT2D eigenvalue weighted by Gasteiger charge is -2.27. The minimum Gasteiger partial charge on any atom is -0.465 e. The number of rotatable bonds is 4. The van der Waals surface area contributed by atoms with Gasteiger partial charge in [0.15, 0.2) is 0 Å². The predicted molar refractivity (Wildman–Crippen MR) is 94.2 cm³/mol. The molecule has 24 heavy (non-hydrogen) atoms. The number of hydrogen-bond acceptors (Lipinski definition) is 6. The van der Waals surface area contributed by atoms with E-state index in [0.29, 0.717) is 12.1 Å². The number of ether oxygens (including phenoxy) is 1. The van der Waals surface area contributed by atoms with Crippen molar-refractivity contribution in [2.75, 3.05) is 26.0 Å². The van der Waals surface area contributed by atoms with Crippen molar-refractivity contribution in [3.05, 3.63) is 51.4 Å². The number of hydrogen-bond donors (Lipinski definition) is 1. The lowest BCUT2D eigenvalue weighted by atomic mass is 10.0. The number of nitrogens with one attached hydrogen (secondary N) is 1. The van der Waals surface area contributed by atoms with Crippen molar-refractivity contribution in [2.45, 2.75) is 19.5 Å². The summed E-state index contributed by atoms with van der Waals surface area (Å²) >= 11 is 1.65. The van der Waals surface area contributed by atoms with Crippen LogP contribution in [0.1, 0.15) is 31.9 Å². The molecule has 0 fully saturated rings. The summed E-state index contributed by atoms with van der Waals surface area (Å²) in [5.41, 5.74) is 3.54. The summed E-state index contributed by atoms with van der Waals surface area (Å²) in [6.45, 7) is 2.36. The Balaban J connectivity index is 1.82. The lowest BCUT2D eigenvalue weighted by molar-refractivity contribution is 0.0598. The average molecular weight is 341 g/mol. The number of methoxy groups -OCH3 is 1. The second kappa shape index (κ2) is 7.04. The molecule has 1 N–H and O–H groups in total. The molecule has 1 aliphatic heterocycles. The topological polar surface area (TPSA) is 65.4 Å². The quantitative estimate of drug-likeness (QED) is 0.866. The van der Waals surface area contributed by atoms with Gasteiger partial charge in [-0.2, -0.15) is 5.26 Å². The van der Waals surface area contributed by atoms with Crippen LogP contribution in [0.2, 0.25) is 0 Å². The molecule has 0 unspecified atom stereocenters. The monoisotopic (exact) mass is 341 g/mol. The van der Waals surface area contributed by atoms with E-state index in [0.717, 1.165) is 35.6 Å². The minimum absolute atomic E-state index is 0.302. The van der Waals surface area contributed by atoms with Crippen LogP contribution in [-0.4, -0.2) is 31.6 Å². The molecule has 0 spiro atoms. The van der Waals surface area contributed by atoms with Gasteiger partial charge in [0.2, 0.25) is 0 Å². The molecular formula is C18H19N3O2S. The minimum atomic E-state index is -0.302. The van der Waals surface area contributed by atoms with Crippen LogP contribution in [0.5, 0.6) is 0 Å². The van der Waals surface area contributed by atoms with E-state index >= 15 is 0 Å². The summed E-state index contributed by atoms with van der Waals surface area (Å²) in [5, 5.41) is 13.4. The highest BCUT2D eigenvalue weighted by Gasteiger charge is 2.25. The number of fused-ring (bicyclic) bond motifs is 1. The second-order valence-electron chi connectivity index (χ2n) is 5.68. The van der Waals surface area contributed by atoms with Gasteiger partial charge < -0.3 is 10.1 Å². The van der Waals surface area contributed by atoms with Crippen molar-refractivity contribution in [1.29, 1.82) is 5.26 Å². The van der Waals surface area contributed by atoms with E-state index in [4.69, 9.17) is 4.74 Å². The Morgan fingerprint density at radius 1 is 1.46 bits per heavy atom. The molecule has 5 nitrogen and oxygen atoms in total. The highest BCUT2D eigenvalue weighted by atomic mass is 32.1. The third-order valence-corrected chi connectivity index (χ3v) is 5.53. The Morgan fingerprint density at radius 3 is 2.96 bits per heavy atom. The second-order valence-corrected chi connectivity index (χ2v) is 6.78. The van der Waals surface area contributed by atoms with Crippen molar-refractivity contribution >= 4 is 22.3 Å². The fraction of sp³-hybridized carbons (Fsp3) is 0.333. The molecule has 0 bridgehead atoms. The Labute approximate surface area is 145 Å². The first-order valence-corrected chi connectivity index (χ1v) is 8.60. The molecule has 0 aliphatic carbocycles. The van der Waals surface area contributed by atoms with E-state index in [9.17, 15) is 10.1 Å². The van der Waals surface area contributed by atoms with Crippen molar-refractivity contribution < 1.29 is 9.53 Å². The molecule has 1 aliphatic rings. The van der Waals surface area contributed by atoms with E-state index in [2.05, 4.69) is 16.3 Å². The summed E-state index contributed by atoms with van der Waals surface area (Å²) in [6.07, 6.45) is 0.858. The molecule has 1 aromatic carbocycles. The van der Waals surface area contributed by atoms with Crippen LogP contribution in [0.15, 0.2) is 24.3 Å². The number of nitrogens with zero attached hydrogens (tertiary/aromatic N) is 2. The zero-order valence-corrected chi connectivity index (χ0v) is 14.6. The smallest absolute Gasteiger partial charge is 0.338 e. The van der Waals surface area contributed by atoms with Crippen LogP contribution in [0, 0.1) is 11.3 Å². The number of thiophene rings is 1. The van der Waals surface area contributed by atoms with Gasteiger partial charge in [0.05, 0.1) is 18.2 Å². The number of anilines is 1. The van der Waals surface area contributed by atoms with E-state index in [1.165, 1.54) is 17.6 Å². The van der Waals surface area contributed by atoms with E-state index in [1.807, 2.05) is 25.2 Å². The Hall–Kier alpha value is -2.36. The molecule has 124 valence electrons. The SMILES string of the molecule is CNc1sc2c(c1C#N)CCN(Cc1ccccc1C(=O)OC)C2. The van der Waals surface area contributed by atoms with Crippen LogP contribution in [-0.2, 0) is 24.2 Å². The maximum atomic E-state index is 11.9. The molecule has 2 heterocycles. The van der Waals surface area contributed by atoms with Gasteiger partial charge in [-0.15, -0.1) is 11.3 Å². The summed E-state index contributed by atoms with van der Waals surface area (Å²) in [5.74, 6) is -0.302. The molecule has 0 saturated carbocycles. The standard InChI is InChI=1S/C18H19N3O2S/c1-20-17-15(9-19)14-7-8-21(11-16(14)24-17)10-12-5-3-4-6-13(12)18(22)23-2/h3-6,20H,7-8,10-11H2,1-2H3. The largest absolute Gasteiger partial charge is 0.465 e. The summed E-state index contributed by atoms with van der Waals surface area (Å²) in [6, 6.07) is 9.88. The highest BCUT2D eigenvalue weighted by molar-refractivity contribution is 7.16. The molecule has 1 aromatic heterocycles. The Morgan fingerprint density at radius 2 is 2.25 bits per heavy atom. The van der Waals surface area contributed by atoms with Gasteiger partial charge in [-0.05, 0) is 23.6 Å². The van der Waals surface area contributed by atoms with Crippen LogP contribution in [0.25, 0.3) is 0 Å². The van der Waals surface area contributed by atoms with Gasteiger partial charge in [0.1, 0.15) is 11.1 Å². The first kappa shape index (κ1) is 16.5. The maximum Gasteiger partial charge on any atom is 0.338 e. The van der Waals surface area contributed by atoms with Gasteiger partial charge in [-0.3, -0.25) is 4.90 Å². The third-order valence-electron chi connectivity index (χ3n) is 4.29. The zero-order valence-electron chi connectivity index (χ0n) is 13.8. The van der Waals surface area contributed by atoms with Crippen LogP contribution in [0.3, 0.4) is 0 Å². The number of carbonyl (C=O) groups excluding carboxylic acids is 1. The normalized spacial score (nSPS) is 13.9. The zero-order chi connectivity index (χ0) is 17.1. The van der Waals surface area contributed by atoms with Gasteiger partial charge in [0, 0.05) is 31.6 Å². The Kier molecular flexibility index (Phi) is 4.84. The summed E-state index contributed by atoms with van der Waals surface area (Å²) in [4.78, 5) is 15.5. The van der Waals surface area contributed by atoms with Crippen LogP contribution < -0.4 is 5.32 Å².